The van der Waals surface area contributed by atoms with Crippen LogP contribution in [0.25, 0.3) is 0 Å². The van der Waals surface area contributed by atoms with Crippen molar-refractivity contribution in [2.75, 3.05) is 27.8 Å². The smallest absolute Gasteiger partial charge is 0.412 e. The molecular weight excluding hydrogens is 428 g/mol. The normalized spacial score (nSPS) is 38.3. The van der Waals surface area contributed by atoms with E-state index in [0.717, 1.165) is 80.1 Å². The minimum atomic E-state index is -0.245. The van der Waals surface area contributed by atoms with Crippen molar-refractivity contribution >= 4 is 6.09 Å². The van der Waals surface area contributed by atoms with Crippen molar-refractivity contribution in [3.8, 4) is 11.5 Å². The Morgan fingerprint density at radius 1 is 1.06 bits per heavy atom. The van der Waals surface area contributed by atoms with Gasteiger partial charge in [0.25, 0.3) is 0 Å². The molecule has 1 aromatic rings. The lowest BCUT2D eigenvalue weighted by Gasteiger charge is -2.45. The van der Waals surface area contributed by atoms with Gasteiger partial charge < -0.3 is 19.5 Å². The number of hydrogen-bond acceptors (Lipinski definition) is 5. The summed E-state index contributed by atoms with van der Waals surface area (Å²) in [6, 6.07) is 6.51. The molecule has 1 aliphatic heterocycles. The predicted molar refractivity (Wildman–Crippen MR) is 130 cm³/mol. The van der Waals surface area contributed by atoms with Crippen LogP contribution in [0, 0.1) is 17.8 Å². The van der Waals surface area contributed by atoms with Crippen molar-refractivity contribution in [1.82, 2.24) is 10.2 Å². The highest BCUT2D eigenvalue weighted by Gasteiger charge is 2.53. The van der Waals surface area contributed by atoms with Gasteiger partial charge in [-0.15, -0.1) is 0 Å². The summed E-state index contributed by atoms with van der Waals surface area (Å²) < 4.78 is 17.0. The van der Waals surface area contributed by atoms with Crippen LogP contribution in [0.3, 0.4) is 0 Å². The summed E-state index contributed by atoms with van der Waals surface area (Å²) in [6.07, 6.45) is 12.2. The van der Waals surface area contributed by atoms with Gasteiger partial charge in [0.05, 0.1) is 14.2 Å². The molecule has 1 saturated heterocycles. The number of benzene rings is 1. The zero-order valence-electron chi connectivity index (χ0n) is 20.8. The fourth-order valence-corrected chi connectivity index (χ4v) is 8.38. The van der Waals surface area contributed by atoms with E-state index in [9.17, 15) is 4.79 Å². The summed E-state index contributed by atoms with van der Waals surface area (Å²) >= 11 is 0. The Kier molecular flexibility index (Phi) is 5.36. The second-order valence-corrected chi connectivity index (χ2v) is 11.6. The largest absolute Gasteiger partial charge is 0.493 e. The first-order valence-corrected chi connectivity index (χ1v) is 13.1. The van der Waals surface area contributed by atoms with E-state index < -0.39 is 0 Å². The third-order valence-electron chi connectivity index (χ3n) is 9.93. The number of hydrogen-bond donors (Lipinski definition) is 1. The fourth-order valence-electron chi connectivity index (χ4n) is 8.38. The van der Waals surface area contributed by atoms with Crippen LogP contribution in [0.15, 0.2) is 30.0 Å². The lowest BCUT2D eigenvalue weighted by molar-refractivity contribution is 0.0930. The maximum atomic E-state index is 13.1. The molecule has 0 aromatic heterocycles. The first-order chi connectivity index (χ1) is 16.4. The Bertz CT molecular complexity index is 1000. The Morgan fingerprint density at radius 3 is 2.71 bits per heavy atom. The second kappa shape index (κ2) is 8.18. The minimum Gasteiger partial charge on any atom is -0.493 e. The first kappa shape index (κ1) is 22.3. The van der Waals surface area contributed by atoms with E-state index in [0.29, 0.717) is 0 Å². The van der Waals surface area contributed by atoms with Gasteiger partial charge in [-0.25, -0.2) is 4.79 Å². The molecule has 6 unspecified atom stereocenters. The molecule has 1 aromatic carbocycles. The molecule has 3 bridgehead atoms. The van der Waals surface area contributed by atoms with Crippen LogP contribution >= 0.6 is 0 Å². The van der Waals surface area contributed by atoms with Crippen molar-refractivity contribution in [3.05, 3.63) is 35.6 Å². The number of amides is 1. The third kappa shape index (κ3) is 3.52. The zero-order valence-corrected chi connectivity index (χ0v) is 20.8. The average molecular weight is 467 g/mol. The van der Waals surface area contributed by atoms with Crippen molar-refractivity contribution in [2.45, 2.75) is 74.8 Å². The molecule has 6 heteroatoms. The molecule has 6 rings (SSSR count). The second-order valence-electron chi connectivity index (χ2n) is 11.6. The number of carbonyl (C=O) groups is 1. The molecule has 5 aliphatic rings. The van der Waals surface area contributed by atoms with Gasteiger partial charge in [-0.1, -0.05) is 6.07 Å². The molecule has 1 amide bonds. The van der Waals surface area contributed by atoms with Crippen molar-refractivity contribution in [1.29, 1.82) is 0 Å². The van der Waals surface area contributed by atoms with Gasteiger partial charge in [0.15, 0.2) is 11.5 Å². The number of nitrogens with zero attached hydrogens (tertiary/aromatic N) is 1. The molecule has 3 saturated carbocycles. The number of ether oxygens (including phenoxy) is 3. The number of alkyl carbamates (subject to hydrolysis) is 1. The molecule has 4 aliphatic carbocycles. The Balaban J connectivity index is 1.19. The van der Waals surface area contributed by atoms with E-state index in [1.165, 1.54) is 24.8 Å². The van der Waals surface area contributed by atoms with Gasteiger partial charge in [0.1, 0.15) is 5.76 Å². The monoisotopic (exact) mass is 466 g/mol. The van der Waals surface area contributed by atoms with Gasteiger partial charge in [-0.3, -0.25) is 4.90 Å². The summed E-state index contributed by atoms with van der Waals surface area (Å²) in [5, 5.41) is 3.36. The maximum absolute atomic E-state index is 13.1. The lowest BCUT2D eigenvalue weighted by Crippen LogP contribution is -2.54. The summed E-state index contributed by atoms with van der Waals surface area (Å²) in [5.74, 6) is 4.86. The van der Waals surface area contributed by atoms with Crippen LogP contribution in [-0.4, -0.2) is 50.4 Å². The molecule has 0 spiro atoms. The Hall–Kier alpha value is -2.21. The average Bonchev–Trinajstić information content (AvgIpc) is 3.28. The summed E-state index contributed by atoms with van der Waals surface area (Å²) in [5.41, 5.74) is 1.24. The predicted octanol–water partition coefficient (Wildman–Crippen LogP) is 5.02. The number of likely N-dealkylation sites (tertiary alicyclic amines) is 1. The highest BCUT2D eigenvalue weighted by Crippen LogP contribution is 2.57. The minimum absolute atomic E-state index is 0.00271. The quantitative estimate of drug-likeness (QED) is 0.660. The lowest BCUT2D eigenvalue weighted by atomic mass is 9.67. The number of allylic oxidation sites excluding steroid dienone is 1. The molecule has 0 radical (unpaired) electrons. The van der Waals surface area contributed by atoms with Crippen LogP contribution in [0.2, 0.25) is 0 Å². The number of likely N-dealkylation sites (N-methyl/N-ethyl adjacent to an activating group) is 1. The van der Waals surface area contributed by atoms with E-state index in [1.807, 2.05) is 6.07 Å². The summed E-state index contributed by atoms with van der Waals surface area (Å²) in [7, 11) is 5.53. The van der Waals surface area contributed by atoms with Crippen LogP contribution in [-0.2, 0) is 10.2 Å². The number of fused-ring (bicyclic) bond motifs is 3. The SMILES string of the molecule is COc1ccc(C23CCC(OC(=O)NC45CCC6CC(CC6C4)C5)=CC2N(C)CC3)cc1OC. The van der Waals surface area contributed by atoms with Crippen molar-refractivity contribution in [2.24, 2.45) is 17.8 Å². The molecule has 184 valence electrons. The highest BCUT2D eigenvalue weighted by molar-refractivity contribution is 5.70. The number of carbonyl (C=O) groups excluding carboxylic acids is 1. The summed E-state index contributed by atoms with van der Waals surface area (Å²) in [4.78, 5) is 15.4. The Morgan fingerprint density at radius 2 is 1.88 bits per heavy atom. The van der Waals surface area contributed by atoms with Gasteiger partial charge in [-0.05, 0) is 106 Å². The van der Waals surface area contributed by atoms with Gasteiger partial charge in [0, 0.05) is 23.4 Å². The molecule has 1 N–H and O–H groups in total. The number of rotatable bonds is 5. The van der Waals surface area contributed by atoms with E-state index in [4.69, 9.17) is 14.2 Å². The van der Waals surface area contributed by atoms with Crippen molar-refractivity contribution < 1.29 is 19.0 Å². The van der Waals surface area contributed by atoms with Crippen LogP contribution in [0.4, 0.5) is 4.79 Å². The first-order valence-electron chi connectivity index (χ1n) is 13.1. The van der Waals surface area contributed by atoms with Gasteiger partial charge in [-0.2, -0.15) is 0 Å². The van der Waals surface area contributed by atoms with Crippen molar-refractivity contribution in [3.63, 3.8) is 0 Å². The highest BCUT2D eigenvalue weighted by atomic mass is 16.6. The molecular formula is C28H38N2O4. The van der Waals surface area contributed by atoms with Gasteiger partial charge in [0.2, 0.25) is 0 Å². The van der Waals surface area contributed by atoms with E-state index >= 15 is 0 Å². The fraction of sp³-hybridized carbons (Fsp3) is 0.679. The van der Waals surface area contributed by atoms with Crippen LogP contribution < -0.4 is 14.8 Å². The standard InChI is InChI=1S/C28H38N2O4/c1-30-11-10-28(21-4-5-23(32-2)24(14-21)33-3)9-7-22(15-25(28)30)34-26(31)29-27-8-6-19-12-18(16-27)13-20(19)17-27/h4-5,14-15,18-20,25H,6-13,16-17H2,1-3H3,(H,29,31). The number of methoxy groups -OCH3 is 2. The van der Waals surface area contributed by atoms with Crippen LogP contribution in [0.5, 0.6) is 11.5 Å². The number of nitrogens with one attached hydrogen (secondary N) is 1. The van der Waals surface area contributed by atoms with Gasteiger partial charge >= 0.3 is 6.09 Å². The van der Waals surface area contributed by atoms with Crippen LogP contribution in [0.1, 0.15) is 63.4 Å². The molecule has 4 fully saturated rings. The topological polar surface area (TPSA) is 60.0 Å². The van der Waals surface area contributed by atoms with E-state index in [1.54, 1.807) is 14.2 Å². The molecule has 34 heavy (non-hydrogen) atoms. The molecule has 6 atom stereocenters. The zero-order chi connectivity index (χ0) is 23.5. The Labute approximate surface area is 203 Å². The van der Waals surface area contributed by atoms with E-state index in [-0.39, 0.29) is 23.1 Å². The molecule has 1 heterocycles. The summed E-state index contributed by atoms with van der Waals surface area (Å²) in [6.45, 7) is 1.02. The molecule has 6 nitrogen and oxygen atoms in total. The van der Waals surface area contributed by atoms with E-state index in [2.05, 4.69) is 35.5 Å². The maximum Gasteiger partial charge on any atom is 0.412 e. The third-order valence-corrected chi connectivity index (χ3v) is 9.93.